The Morgan fingerprint density at radius 3 is 2.18 bits per heavy atom. The molecule has 0 atom stereocenters. The van der Waals surface area contributed by atoms with Crippen molar-refractivity contribution in [2.45, 2.75) is 49.6 Å². The number of nitrogens with zero attached hydrogens (tertiary/aromatic N) is 2. The quantitative estimate of drug-likeness (QED) is 0.221. The molecule has 2 aromatic rings. The van der Waals surface area contributed by atoms with E-state index in [-0.39, 0.29) is 28.9 Å². The first-order valence-electron chi connectivity index (χ1n) is 10.1. The van der Waals surface area contributed by atoms with E-state index >= 15 is 0 Å². The molecular weight excluding hydrogens is 497 g/mol. The fourth-order valence-corrected chi connectivity index (χ4v) is 5.69. The molecule has 1 aliphatic rings. The topological polar surface area (TPSA) is 114 Å². The summed E-state index contributed by atoms with van der Waals surface area (Å²) in [4.78, 5) is 25.1. The number of nitrogens with two attached hydrogens (primary N) is 1. The van der Waals surface area contributed by atoms with Crippen LogP contribution in [0.5, 0.6) is 5.88 Å². The van der Waals surface area contributed by atoms with Crippen LogP contribution >= 0.6 is 33.3 Å². The van der Waals surface area contributed by atoms with E-state index < -0.39 is 34.0 Å². The number of unbranched alkanes of at least 4 members (excludes halogenated alkanes) is 1. The van der Waals surface area contributed by atoms with Crippen molar-refractivity contribution in [3.05, 3.63) is 50.7 Å². The fraction of sp³-hybridized carbons (Fsp3) is 0.450. The van der Waals surface area contributed by atoms with Crippen LogP contribution in [0.25, 0.3) is 5.69 Å². The lowest BCUT2D eigenvalue weighted by molar-refractivity contribution is -0.0328. The number of nitrogen functional groups attached to an aromatic ring is 1. The van der Waals surface area contributed by atoms with Gasteiger partial charge in [-0.05, 0) is 55.3 Å². The van der Waals surface area contributed by atoms with Crippen molar-refractivity contribution in [3.8, 4) is 11.6 Å². The molecule has 4 N–H and O–H groups in total. The maximum atomic E-state index is 12.7. The molecule has 0 unspecified atom stereocenters. The van der Waals surface area contributed by atoms with Crippen LogP contribution in [0.2, 0.25) is 0 Å². The normalized spacial score (nSPS) is 13.8. The Balaban J connectivity index is 0.000000554. The van der Waals surface area contributed by atoms with Crippen molar-refractivity contribution in [1.29, 1.82) is 5.41 Å². The van der Waals surface area contributed by atoms with Crippen molar-refractivity contribution in [2.75, 3.05) is 11.5 Å². The summed E-state index contributed by atoms with van der Waals surface area (Å²) in [6.07, 6.45) is 4.10. The summed E-state index contributed by atoms with van der Waals surface area (Å²) < 4.78 is 38.9. The van der Waals surface area contributed by atoms with Crippen molar-refractivity contribution in [1.82, 2.24) is 9.13 Å². The van der Waals surface area contributed by atoms with Crippen LogP contribution in [-0.2, 0) is 6.54 Å². The van der Waals surface area contributed by atoms with Crippen LogP contribution in [0, 0.1) is 5.41 Å². The monoisotopic (exact) mass is 522 g/mol. The number of nitrogens with one attached hydrogen (secondary N) is 1. The molecule has 1 aliphatic heterocycles. The molecule has 1 saturated heterocycles. The van der Waals surface area contributed by atoms with Crippen molar-refractivity contribution < 1.29 is 18.3 Å². The summed E-state index contributed by atoms with van der Waals surface area (Å²) in [5.41, 5.74) is -1.52. The molecule has 0 spiro atoms. The molecule has 0 aliphatic carbocycles. The Bertz CT molecular complexity index is 1050. The lowest BCUT2D eigenvalue weighted by Gasteiger charge is -2.15. The molecule has 33 heavy (non-hydrogen) atoms. The summed E-state index contributed by atoms with van der Waals surface area (Å²) >= 11 is -0.327. The van der Waals surface area contributed by atoms with Crippen molar-refractivity contribution in [2.24, 2.45) is 5.73 Å². The van der Waals surface area contributed by atoms with Gasteiger partial charge in [-0.1, -0.05) is 34.9 Å². The number of hydrogen-bond donors (Lipinski definition) is 3. The molecule has 1 aromatic heterocycles. The molecule has 1 fully saturated rings. The highest BCUT2D eigenvalue weighted by Gasteiger charge is 2.29. The van der Waals surface area contributed by atoms with E-state index in [0.717, 1.165) is 16.7 Å². The third-order valence-corrected chi connectivity index (χ3v) is 7.76. The number of aromatic hydroxyl groups is 1. The van der Waals surface area contributed by atoms with Gasteiger partial charge < -0.3 is 10.8 Å². The van der Waals surface area contributed by atoms with E-state index in [1.165, 1.54) is 36.5 Å². The number of thioether (sulfide) groups is 1. The molecule has 7 nitrogen and oxygen atoms in total. The van der Waals surface area contributed by atoms with Gasteiger partial charge in [0.15, 0.2) is 0 Å². The van der Waals surface area contributed by atoms with Gasteiger partial charge in [-0.3, -0.25) is 14.8 Å². The second-order valence-electron chi connectivity index (χ2n) is 6.93. The van der Waals surface area contributed by atoms with Crippen LogP contribution in [0.1, 0.15) is 38.2 Å². The van der Waals surface area contributed by atoms with E-state index in [9.17, 15) is 27.9 Å². The Morgan fingerprint density at radius 1 is 1.18 bits per heavy atom. The SMILES string of the molecule is C1CCSSC1.CCCCn1c(O)c(C(=N)N)c(=O)n(-c2ccc(SC(F)(F)F)cc2)c1=O. The molecule has 0 amide bonds. The van der Waals surface area contributed by atoms with Gasteiger partial charge in [0, 0.05) is 22.9 Å². The van der Waals surface area contributed by atoms with Crippen LogP contribution in [0.4, 0.5) is 13.2 Å². The molecule has 3 rings (SSSR count). The number of amidine groups is 1. The molecule has 0 bridgehead atoms. The minimum atomic E-state index is -4.47. The van der Waals surface area contributed by atoms with Gasteiger partial charge in [0.1, 0.15) is 11.4 Å². The Morgan fingerprint density at radius 2 is 1.76 bits per heavy atom. The minimum absolute atomic E-state index is 0.00396. The van der Waals surface area contributed by atoms with Gasteiger partial charge in [-0.25, -0.2) is 9.36 Å². The summed E-state index contributed by atoms with van der Waals surface area (Å²) in [5.74, 6) is 1.34. The number of rotatable bonds is 6. The van der Waals surface area contributed by atoms with Crippen LogP contribution < -0.4 is 17.0 Å². The van der Waals surface area contributed by atoms with E-state index in [2.05, 4.69) is 0 Å². The fourth-order valence-electron chi connectivity index (χ4n) is 2.86. The maximum absolute atomic E-state index is 12.7. The maximum Gasteiger partial charge on any atom is 0.446 e. The highest BCUT2D eigenvalue weighted by molar-refractivity contribution is 8.76. The van der Waals surface area contributed by atoms with Gasteiger partial charge in [0.2, 0.25) is 5.88 Å². The third kappa shape index (κ3) is 7.78. The Hall–Kier alpha value is -1.99. The number of alkyl halides is 3. The lowest BCUT2D eigenvalue weighted by atomic mass is 10.2. The molecular formula is C20H25F3N4O3S3. The number of halogens is 3. The molecule has 182 valence electrons. The van der Waals surface area contributed by atoms with Gasteiger partial charge in [-0.15, -0.1) is 0 Å². The van der Waals surface area contributed by atoms with E-state index in [1.54, 1.807) is 0 Å². The second kappa shape index (κ2) is 12.5. The van der Waals surface area contributed by atoms with Gasteiger partial charge in [0.25, 0.3) is 5.56 Å². The number of aromatic nitrogens is 2. The second-order valence-corrected chi connectivity index (χ2v) is 10.8. The van der Waals surface area contributed by atoms with Gasteiger partial charge in [-0.2, -0.15) is 13.2 Å². The lowest BCUT2D eigenvalue weighted by Crippen LogP contribution is -2.42. The summed E-state index contributed by atoms with van der Waals surface area (Å²) in [5, 5.41) is 17.7. The van der Waals surface area contributed by atoms with Crippen molar-refractivity contribution in [3.63, 3.8) is 0 Å². The van der Waals surface area contributed by atoms with E-state index in [4.69, 9.17) is 11.1 Å². The summed E-state index contributed by atoms with van der Waals surface area (Å²) in [6.45, 7) is 1.95. The first-order valence-corrected chi connectivity index (χ1v) is 13.4. The summed E-state index contributed by atoms with van der Waals surface area (Å²) in [6, 6.07) is 4.61. The first-order chi connectivity index (χ1) is 15.6. The number of hydrogen-bond acceptors (Lipinski definition) is 7. The molecule has 13 heteroatoms. The molecule has 1 aromatic carbocycles. The van der Waals surface area contributed by atoms with E-state index in [0.29, 0.717) is 17.4 Å². The molecule has 2 heterocycles. The van der Waals surface area contributed by atoms with Crippen LogP contribution in [0.3, 0.4) is 0 Å². The predicted molar refractivity (Wildman–Crippen MR) is 130 cm³/mol. The van der Waals surface area contributed by atoms with Gasteiger partial charge in [0.05, 0.1) is 5.69 Å². The van der Waals surface area contributed by atoms with Gasteiger partial charge >= 0.3 is 11.2 Å². The standard InChI is InChI=1S/C16H17F3N4O3S.C4H8S2/c1-2-3-8-22-13(24)11(12(20)21)14(25)23(15(22)26)9-4-6-10(7-5-9)27-16(17,18)19;1-2-4-6-5-3-1/h4-7,24H,2-3,8H2,1H3,(H3,20,21);1-4H2. The smallest absolute Gasteiger partial charge is 0.446 e. The highest BCUT2D eigenvalue weighted by atomic mass is 33.1. The Kier molecular flexibility index (Phi) is 10.3. The minimum Gasteiger partial charge on any atom is -0.494 e. The van der Waals surface area contributed by atoms with Crippen LogP contribution in [-0.4, -0.2) is 37.1 Å². The average Bonchev–Trinajstić information content (AvgIpc) is 2.75. The Labute approximate surface area is 200 Å². The van der Waals surface area contributed by atoms with Crippen LogP contribution in [0.15, 0.2) is 38.8 Å². The first kappa shape index (κ1) is 27.3. The summed E-state index contributed by atoms with van der Waals surface area (Å²) in [7, 11) is 4.02. The van der Waals surface area contributed by atoms with Crippen molar-refractivity contribution >= 4 is 39.2 Å². The largest absolute Gasteiger partial charge is 0.494 e. The zero-order valence-electron chi connectivity index (χ0n) is 17.9. The highest BCUT2D eigenvalue weighted by Crippen LogP contribution is 2.36. The zero-order chi connectivity index (χ0) is 24.6. The average molecular weight is 523 g/mol. The molecule has 0 radical (unpaired) electrons. The number of benzene rings is 1. The zero-order valence-corrected chi connectivity index (χ0v) is 20.3. The molecule has 0 saturated carbocycles. The van der Waals surface area contributed by atoms with E-state index in [1.807, 2.05) is 28.5 Å². The predicted octanol–water partition coefficient (Wildman–Crippen LogP) is 4.56. The third-order valence-electron chi connectivity index (χ3n) is 4.44.